The van der Waals surface area contributed by atoms with E-state index in [1.54, 1.807) is 31.5 Å². The van der Waals surface area contributed by atoms with Gasteiger partial charge in [0.2, 0.25) is 0 Å². The van der Waals surface area contributed by atoms with Gasteiger partial charge in [0.25, 0.3) is 0 Å². The van der Waals surface area contributed by atoms with Crippen LogP contribution in [0, 0.1) is 4.91 Å². The lowest BCUT2D eigenvalue weighted by atomic mass is 10.1. The molecular weight excluding hydrogens is 310 g/mol. The minimum Gasteiger partial charge on any atom is -0.493 e. The highest BCUT2D eigenvalue weighted by Crippen LogP contribution is 2.35. The summed E-state index contributed by atoms with van der Waals surface area (Å²) >= 11 is 0. The first-order valence-corrected chi connectivity index (χ1v) is 8.05. The number of ether oxygens (including phenoxy) is 3. The second kappa shape index (κ2) is 8.03. The van der Waals surface area contributed by atoms with E-state index >= 15 is 0 Å². The molecule has 2 aromatic rings. The van der Waals surface area contributed by atoms with Gasteiger partial charge in [-0.1, -0.05) is 0 Å². The molecule has 1 fully saturated rings. The maximum absolute atomic E-state index is 10.9. The number of hydrogen-bond acceptors (Lipinski definition) is 7. The largest absolute Gasteiger partial charge is 0.493 e. The number of fused-ring (bicyclic) bond motifs is 1. The first kappa shape index (κ1) is 16.6. The van der Waals surface area contributed by atoms with Gasteiger partial charge < -0.3 is 14.2 Å². The molecule has 128 valence electrons. The molecule has 0 radical (unpaired) electrons. The standard InChI is InChI=1S/C17H21N3O4/c1-22-16-11-13-14(19-21)3-4-18-15(13)12-17(16)24-8-2-5-20-6-9-23-10-7-20/h3-4,11-12H,2,5-10H2,1H3. The highest BCUT2D eigenvalue weighted by atomic mass is 16.5. The Kier molecular flexibility index (Phi) is 5.55. The summed E-state index contributed by atoms with van der Waals surface area (Å²) in [4.78, 5) is 17.5. The van der Waals surface area contributed by atoms with Crippen molar-refractivity contribution in [3.05, 3.63) is 29.3 Å². The van der Waals surface area contributed by atoms with Crippen LogP contribution in [0.3, 0.4) is 0 Å². The van der Waals surface area contributed by atoms with E-state index < -0.39 is 0 Å². The average Bonchev–Trinajstić information content (AvgIpc) is 2.64. The number of rotatable bonds is 7. The van der Waals surface area contributed by atoms with Crippen LogP contribution in [0.2, 0.25) is 0 Å². The van der Waals surface area contributed by atoms with Crippen LogP contribution < -0.4 is 9.47 Å². The summed E-state index contributed by atoms with van der Waals surface area (Å²) in [6, 6.07) is 5.12. The first-order valence-electron chi connectivity index (χ1n) is 8.05. The van der Waals surface area contributed by atoms with Gasteiger partial charge in [0.1, 0.15) is 5.69 Å². The molecule has 0 amide bonds. The molecule has 7 nitrogen and oxygen atoms in total. The van der Waals surface area contributed by atoms with E-state index in [0.717, 1.165) is 39.3 Å². The number of morpholine rings is 1. The Morgan fingerprint density at radius 3 is 2.88 bits per heavy atom. The summed E-state index contributed by atoms with van der Waals surface area (Å²) in [6.07, 6.45) is 2.48. The molecule has 0 bridgehead atoms. The van der Waals surface area contributed by atoms with Crippen LogP contribution in [0.4, 0.5) is 5.69 Å². The zero-order valence-electron chi connectivity index (χ0n) is 13.7. The molecule has 0 aliphatic carbocycles. The lowest BCUT2D eigenvalue weighted by Crippen LogP contribution is -2.37. The Labute approximate surface area is 140 Å². The van der Waals surface area contributed by atoms with Crippen molar-refractivity contribution < 1.29 is 14.2 Å². The van der Waals surface area contributed by atoms with Crippen LogP contribution in [0.1, 0.15) is 6.42 Å². The fraction of sp³-hybridized carbons (Fsp3) is 0.471. The van der Waals surface area contributed by atoms with Gasteiger partial charge in [-0.05, 0) is 23.7 Å². The molecule has 0 unspecified atom stereocenters. The van der Waals surface area contributed by atoms with Crippen LogP contribution in [0.5, 0.6) is 11.5 Å². The van der Waals surface area contributed by atoms with Crippen molar-refractivity contribution in [2.75, 3.05) is 46.6 Å². The number of benzene rings is 1. The minimum atomic E-state index is 0.345. The Hall–Kier alpha value is -2.25. The van der Waals surface area contributed by atoms with Gasteiger partial charge in [-0.15, -0.1) is 4.91 Å². The molecule has 0 N–H and O–H groups in total. The Morgan fingerprint density at radius 2 is 2.12 bits per heavy atom. The van der Waals surface area contributed by atoms with Crippen molar-refractivity contribution >= 4 is 16.6 Å². The molecule has 2 heterocycles. The van der Waals surface area contributed by atoms with Crippen molar-refractivity contribution in [2.24, 2.45) is 5.18 Å². The number of hydrogen-bond donors (Lipinski definition) is 0. The molecule has 7 heteroatoms. The van der Waals surface area contributed by atoms with Gasteiger partial charge in [0, 0.05) is 37.3 Å². The van der Waals surface area contributed by atoms with Gasteiger partial charge in [-0.3, -0.25) is 9.88 Å². The minimum absolute atomic E-state index is 0.345. The van der Waals surface area contributed by atoms with Gasteiger partial charge in [-0.25, -0.2) is 0 Å². The van der Waals surface area contributed by atoms with E-state index in [4.69, 9.17) is 14.2 Å². The number of methoxy groups -OCH3 is 1. The number of nitrogens with zero attached hydrogens (tertiary/aromatic N) is 3. The van der Waals surface area contributed by atoms with E-state index in [-0.39, 0.29) is 0 Å². The van der Waals surface area contributed by atoms with Crippen molar-refractivity contribution in [1.29, 1.82) is 0 Å². The third-order valence-corrected chi connectivity index (χ3v) is 4.08. The molecule has 1 aromatic carbocycles. The molecule has 24 heavy (non-hydrogen) atoms. The molecule has 0 saturated carbocycles. The van der Waals surface area contributed by atoms with Crippen molar-refractivity contribution in [3.63, 3.8) is 0 Å². The monoisotopic (exact) mass is 331 g/mol. The van der Waals surface area contributed by atoms with Crippen LogP contribution in [0.25, 0.3) is 10.9 Å². The average molecular weight is 331 g/mol. The summed E-state index contributed by atoms with van der Waals surface area (Å²) in [5, 5.41) is 3.69. The number of aromatic nitrogens is 1. The molecule has 3 rings (SSSR count). The van der Waals surface area contributed by atoms with Gasteiger partial charge in [-0.2, -0.15) is 0 Å². The van der Waals surface area contributed by atoms with Crippen molar-refractivity contribution in [1.82, 2.24) is 9.88 Å². The highest BCUT2D eigenvalue weighted by Gasteiger charge is 2.12. The molecule has 1 saturated heterocycles. The van der Waals surface area contributed by atoms with Crippen LogP contribution >= 0.6 is 0 Å². The van der Waals surface area contributed by atoms with E-state index in [1.165, 1.54) is 0 Å². The predicted octanol–water partition coefficient (Wildman–Crippen LogP) is 2.74. The topological polar surface area (TPSA) is 73.2 Å². The zero-order valence-corrected chi connectivity index (χ0v) is 13.7. The lowest BCUT2D eigenvalue weighted by molar-refractivity contribution is 0.0357. The van der Waals surface area contributed by atoms with Gasteiger partial charge in [0.15, 0.2) is 11.5 Å². The fourth-order valence-electron chi connectivity index (χ4n) is 2.79. The Bertz CT molecular complexity index is 702. The predicted molar refractivity (Wildman–Crippen MR) is 91.1 cm³/mol. The zero-order chi connectivity index (χ0) is 16.8. The summed E-state index contributed by atoms with van der Waals surface area (Å²) in [5.41, 5.74) is 1.01. The van der Waals surface area contributed by atoms with Crippen molar-refractivity contribution in [2.45, 2.75) is 6.42 Å². The van der Waals surface area contributed by atoms with Crippen molar-refractivity contribution in [3.8, 4) is 11.5 Å². The molecule has 0 spiro atoms. The maximum atomic E-state index is 10.9. The smallest absolute Gasteiger partial charge is 0.163 e. The summed E-state index contributed by atoms with van der Waals surface area (Å²) in [5.74, 6) is 1.20. The van der Waals surface area contributed by atoms with E-state index in [0.29, 0.717) is 34.7 Å². The molecular formula is C17H21N3O4. The Morgan fingerprint density at radius 1 is 1.29 bits per heavy atom. The van der Waals surface area contributed by atoms with Crippen LogP contribution in [-0.4, -0.2) is 56.4 Å². The van der Waals surface area contributed by atoms with Crippen LogP contribution in [-0.2, 0) is 4.74 Å². The van der Waals surface area contributed by atoms with E-state index in [2.05, 4.69) is 15.1 Å². The third kappa shape index (κ3) is 3.80. The second-order valence-electron chi connectivity index (χ2n) is 5.60. The second-order valence-corrected chi connectivity index (χ2v) is 5.60. The summed E-state index contributed by atoms with van der Waals surface area (Å²) < 4.78 is 16.6. The van der Waals surface area contributed by atoms with E-state index in [1.807, 2.05) is 0 Å². The third-order valence-electron chi connectivity index (χ3n) is 4.08. The Balaban J connectivity index is 1.66. The maximum Gasteiger partial charge on any atom is 0.163 e. The van der Waals surface area contributed by atoms with Gasteiger partial charge >= 0.3 is 0 Å². The quantitative estimate of drug-likeness (QED) is 0.574. The first-order chi connectivity index (χ1) is 11.8. The lowest BCUT2D eigenvalue weighted by Gasteiger charge is -2.26. The molecule has 1 aliphatic heterocycles. The van der Waals surface area contributed by atoms with E-state index in [9.17, 15) is 4.91 Å². The van der Waals surface area contributed by atoms with Gasteiger partial charge in [0.05, 0.1) is 32.4 Å². The highest BCUT2D eigenvalue weighted by molar-refractivity contribution is 5.92. The summed E-state index contributed by atoms with van der Waals surface area (Å²) in [6.45, 7) is 5.13. The SMILES string of the molecule is COc1cc2c(N=O)ccnc2cc1OCCCN1CCOCC1. The molecule has 1 aliphatic rings. The number of pyridine rings is 1. The normalized spacial score (nSPS) is 15.4. The fourth-order valence-corrected chi connectivity index (χ4v) is 2.79. The summed E-state index contributed by atoms with van der Waals surface area (Å²) in [7, 11) is 1.58. The molecule has 1 aromatic heterocycles. The van der Waals surface area contributed by atoms with Crippen LogP contribution in [0.15, 0.2) is 29.6 Å². The number of nitroso groups, excluding NO2 is 1. The molecule has 0 atom stereocenters.